The van der Waals surface area contributed by atoms with Gasteiger partial charge in [-0.1, -0.05) is 12.1 Å². The molecule has 5 nitrogen and oxygen atoms in total. The molecule has 1 atom stereocenters. The Labute approximate surface area is 111 Å². The lowest BCUT2D eigenvalue weighted by molar-refractivity contribution is -0.125. The van der Waals surface area contributed by atoms with Crippen LogP contribution in [0.1, 0.15) is 27.2 Å². The number of imide groups is 1. The third-order valence-corrected chi connectivity index (χ3v) is 3.20. The van der Waals surface area contributed by atoms with Crippen LogP contribution >= 0.6 is 0 Å². The van der Waals surface area contributed by atoms with E-state index in [1.165, 1.54) is 13.8 Å². The zero-order valence-electron chi connectivity index (χ0n) is 11.2. The van der Waals surface area contributed by atoms with Crippen LogP contribution in [-0.2, 0) is 14.4 Å². The fraction of sp³-hybridized carbons (Fsp3) is 0.357. The van der Waals surface area contributed by atoms with Crippen molar-refractivity contribution >= 4 is 29.1 Å². The number of para-hydroxylation sites is 2. The summed E-state index contributed by atoms with van der Waals surface area (Å²) in [6.45, 7) is 4.61. The van der Waals surface area contributed by atoms with E-state index in [1.807, 2.05) is 0 Å². The fourth-order valence-corrected chi connectivity index (χ4v) is 2.49. The minimum absolute atomic E-state index is 0.133. The SMILES string of the molecule is CC(=O)N1C(=O)C[C@@H](C)N(C(C)=O)c2ccccc21. The monoisotopic (exact) mass is 260 g/mol. The lowest BCUT2D eigenvalue weighted by Gasteiger charge is -2.26. The molecule has 0 aliphatic carbocycles. The highest BCUT2D eigenvalue weighted by molar-refractivity contribution is 6.18. The molecule has 1 aliphatic rings. The van der Waals surface area contributed by atoms with Crippen molar-refractivity contribution in [1.29, 1.82) is 0 Å². The molecule has 0 radical (unpaired) electrons. The zero-order valence-corrected chi connectivity index (χ0v) is 11.2. The maximum Gasteiger partial charge on any atom is 0.235 e. The Hall–Kier alpha value is -2.17. The van der Waals surface area contributed by atoms with Crippen LogP contribution in [0.2, 0.25) is 0 Å². The Bertz CT molecular complexity index is 553. The predicted molar refractivity (Wildman–Crippen MR) is 71.8 cm³/mol. The first kappa shape index (κ1) is 13.3. The maximum atomic E-state index is 12.2. The average molecular weight is 260 g/mol. The molecule has 2 rings (SSSR count). The van der Waals surface area contributed by atoms with E-state index >= 15 is 0 Å². The van der Waals surface area contributed by atoms with Gasteiger partial charge >= 0.3 is 0 Å². The summed E-state index contributed by atoms with van der Waals surface area (Å²) in [5.74, 6) is -0.760. The number of fused-ring (bicyclic) bond motifs is 1. The van der Waals surface area contributed by atoms with E-state index in [1.54, 1.807) is 36.1 Å². The molecule has 5 heteroatoms. The molecule has 0 fully saturated rings. The van der Waals surface area contributed by atoms with E-state index in [0.717, 1.165) is 4.90 Å². The van der Waals surface area contributed by atoms with Gasteiger partial charge in [-0.3, -0.25) is 14.4 Å². The van der Waals surface area contributed by atoms with Gasteiger partial charge in [-0.25, -0.2) is 4.90 Å². The van der Waals surface area contributed by atoms with Crippen molar-refractivity contribution in [3.05, 3.63) is 24.3 Å². The van der Waals surface area contributed by atoms with Gasteiger partial charge in [0, 0.05) is 26.3 Å². The number of carbonyl (C=O) groups is 3. The Morgan fingerprint density at radius 1 is 1.11 bits per heavy atom. The zero-order chi connectivity index (χ0) is 14.2. The summed E-state index contributed by atoms with van der Waals surface area (Å²) >= 11 is 0. The Balaban J connectivity index is 2.66. The summed E-state index contributed by atoms with van der Waals surface area (Å²) in [7, 11) is 0. The van der Waals surface area contributed by atoms with Crippen LogP contribution in [0.5, 0.6) is 0 Å². The lowest BCUT2D eigenvalue weighted by atomic mass is 10.2. The molecule has 1 aliphatic heterocycles. The van der Waals surface area contributed by atoms with Crippen LogP contribution in [0, 0.1) is 0 Å². The van der Waals surface area contributed by atoms with E-state index in [4.69, 9.17) is 0 Å². The lowest BCUT2D eigenvalue weighted by Crippen LogP contribution is -2.38. The number of rotatable bonds is 0. The quantitative estimate of drug-likeness (QED) is 0.713. The molecule has 0 aromatic heterocycles. The van der Waals surface area contributed by atoms with Crippen LogP contribution in [0.3, 0.4) is 0 Å². The third-order valence-electron chi connectivity index (χ3n) is 3.20. The molecule has 1 aromatic rings. The average Bonchev–Trinajstić information content (AvgIpc) is 2.40. The van der Waals surface area contributed by atoms with Crippen molar-refractivity contribution in [3.8, 4) is 0 Å². The van der Waals surface area contributed by atoms with Crippen molar-refractivity contribution < 1.29 is 14.4 Å². The highest BCUT2D eigenvalue weighted by atomic mass is 16.2. The van der Waals surface area contributed by atoms with Gasteiger partial charge in [0.15, 0.2) is 0 Å². The summed E-state index contributed by atoms with van der Waals surface area (Å²) in [5, 5.41) is 0. The van der Waals surface area contributed by atoms with Gasteiger partial charge in [-0.15, -0.1) is 0 Å². The molecule has 19 heavy (non-hydrogen) atoms. The molecule has 0 spiro atoms. The second-order valence-corrected chi connectivity index (χ2v) is 4.68. The number of amides is 3. The fourth-order valence-electron chi connectivity index (χ4n) is 2.49. The maximum absolute atomic E-state index is 12.2. The van der Waals surface area contributed by atoms with Crippen molar-refractivity contribution in [1.82, 2.24) is 0 Å². The van der Waals surface area contributed by atoms with Crippen LogP contribution in [0.4, 0.5) is 11.4 Å². The van der Waals surface area contributed by atoms with Crippen molar-refractivity contribution in [3.63, 3.8) is 0 Å². The Morgan fingerprint density at radius 3 is 2.21 bits per heavy atom. The number of hydrogen-bond donors (Lipinski definition) is 0. The summed E-state index contributed by atoms with van der Waals surface area (Å²) in [5.41, 5.74) is 1.07. The second-order valence-electron chi connectivity index (χ2n) is 4.68. The number of carbonyl (C=O) groups excluding carboxylic acids is 3. The molecule has 0 saturated carbocycles. The molecule has 0 saturated heterocycles. The van der Waals surface area contributed by atoms with E-state index in [-0.39, 0.29) is 30.2 Å². The van der Waals surface area contributed by atoms with E-state index in [2.05, 4.69) is 0 Å². The van der Waals surface area contributed by atoms with Gasteiger partial charge in [-0.05, 0) is 19.1 Å². The molecular formula is C14H16N2O3. The number of nitrogens with zero attached hydrogens (tertiary/aromatic N) is 2. The summed E-state index contributed by atoms with van der Waals surface area (Å²) < 4.78 is 0. The first-order valence-corrected chi connectivity index (χ1v) is 6.16. The highest BCUT2D eigenvalue weighted by Gasteiger charge is 2.33. The van der Waals surface area contributed by atoms with Gasteiger partial charge in [-0.2, -0.15) is 0 Å². The van der Waals surface area contributed by atoms with E-state index in [9.17, 15) is 14.4 Å². The summed E-state index contributed by atoms with van der Waals surface area (Å²) in [6.07, 6.45) is 0.133. The van der Waals surface area contributed by atoms with Crippen LogP contribution in [0.25, 0.3) is 0 Å². The smallest absolute Gasteiger partial charge is 0.235 e. The molecule has 0 N–H and O–H groups in total. The molecular weight excluding hydrogens is 244 g/mol. The molecule has 1 heterocycles. The minimum Gasteiger partial charge on any atom is -0.307 e. The van der Waals surface area contributed by atoms with Crippen molar-refractivity contribution in [2.45, 2.75) is 33.2 Å². The normalized spacial score (nSPS) is 18.9. The molecule has 100 valence electrons. The predicted octanol–water partition coefficient (Wildman–Crippen LogP) is 1.71. The number of benzene rings is 1. The van der Waals surface area contributed by atoms with Gasteiger partial charge in [0.1, 0.15) is 0 Å². The Morgan fingerprint density at radius 2 is 1.68 bits per heavy atom. The molecule has 0 unspecified atom stereocenters. The molecule has 0 bridgehead atoms. The highest BCUT2D eigenvalue weighted by Crippen LogP contribution is 2.35. The van der Waals surface area contributed by atoms with E-state index in [0.29, 0.717) is 11.4 Å². The van der Waals surface area contributed by atoms with Crippen molar-refractivity contribution in [2.24, 2.45) is 0 Å². The van der Waals surface area contributed by atoms with E-state index < -0.39 is 0 Å². The molecule has 1 aromatic carbocycles. The van der Waals surface area contributed by atoms with Gasteiger partial charge in [0.25, 0.3) is 0 Å². The topological polar surface area (TPSA) is 57.7 Å². The number of anilines is 2. The standard InChI is InChI=1S/C14H16N2O3/c1-9-8-14(19)16(11(3)18)13-7-5-4-6-12(13)15(9)10(2)17/h4-7,9H,8H2,1-3H3/t9-/m1/s1. The third kappa shape index (κ3) is 2.23. The van der Waals surface area contributed by atoms with Crippen LogP contribution < -0.4 is 9.80 Å². The Kier molecular flexibility index (Phi) is 3.38. The largest absolute Gasteiger partial charge is 0.307 e. The first-order chi connectivity index (χ1) is 8.93. The van der Waals surface area contributed by atoms with Gasteiger partial charge in [0.05, 0.1) is 11.4 Å². The summed E-state index contributed by atoms with van der Waals surface area (Å²) in [4.78, 5) is 38.4. The van der Waals surface area contributed by atoms with Crippen LogP contribution in [0.15, 0.2) is 24.3 Å². The minimum atomic E-state index is -0.338. The van der Waals surface area contributed by atoms with Crippen molar-refractivity contribution in [2.75, 3.05) is 9.80 Å². The second kappa shape index (κ2) is 4.84. The molecule has 3 amide bonds. The van der Waals surface area contributed by atoms with Crippen LogP contribution in [-0.4, -0.2) is 23.8 Å². The number of hydrogen-bond acceptors (Lipinski definition) is 3. The van der Waals surface area contributed by atoms with Gasteiger partial charge < -0.3 is 4.90 Å². The van der Waals surface area contributed by atoms with Gasteiger partial charge in [0.2, 0.25) is 17.7 Å². The first-order valence-electron chi connectivity index (χ1n) is 6.16. The summed E-state index contributed by atoms with van der Waals surface area (Å²) in [6, 6.07) is 6.70.